The Hall–Kier alpha value is -2.35. The van der Waals surface area contributed by atoms with Crippen molar-refractivity contribution in [2.24, 2.45) is 4.99 Å². The Kier molecular flexibility index (Phi) is 4.91. The first kappa shape index (κ1) is 19.0. The molecule has 0 saturated heterocycles. The lowest BCUT2D eigenvalue weighted by atomic mass is 10.1. The zero-order valence-corrected chi connectivity index (χ0v) is 17.1. The highest BCUT2D eigenvalue weighted by molar-refractivity contribution is 9.10. The van der Waals surface area contributed by atoms with Crippen molar-refractivity contribution in [3.63, 3.8) is 0 Å². The van der Waals surface area contributed by atoms with Gasteiger partial charge in [0.05, 0.1) is 26.8 Å². The molecule has 1 aliphatic rings. The molecule has 1 aliphatic heterocycles. The number of fused-ring (bicyclic) bond motifs is 1. The second-order valence-electron chi connectivity index (χ2n) is 6.12. The van der Waals surface area contributed by atoms with Crippen LogP contribution in [0.4, 0.5) is 10.1 Å². The fourth-order valence-electron chi connectivity index (χ4n) is 2.92. The summed E-state index contributed by atoms with van der Waals surface area (Å²) in [6, 6.07) is 7.75. The number of benzene rings is 2. The number of H-pyrrole nitrogens is 1. The predicted octanol–water partition coefficient (Wildman–Crippen LogP) is 5.40. The van der Waals surface area contributed by atoms with Crippen LogP contribution in [0.5, 0.6) is 5.88 Å². The number of aliphatic imine (C=N–C) groups is 1. The molecule has 0 radical (unpaired) electrons. The van der Waals surface area contributed by atoms with Crippen molar-refractivity contribution in [3.8, 4) is 5.88 Å². The lowest BCUT2D eigenvalue weighted by Gasteiger charge is -2.05. The zero-order chi connectivity index (χ0) is 20.0. The molecule has 0 aliphatic carbocycles. The Morgan fingerprint density at radius 3 is 2.75 bits per heavy atom. The van der Waals surface area contributed by atoms with Gasteiger partial charge in [0.25, 0.3) is 0 Å². The molecule has 0 bridgehead atoms. The summed E-state index contributed by atoms with van der Waals surface area (Å²) in [5.41, 5.74) is 2.38. The lowest BCUT2D eigenvalue weighted by molar-refractivity contribution is 0.420. The van der Waals surface area contributed by atoms with Gasteiger partial charge in [0.2, 0.25) is 5.88 Å². The second kappa shape index (κ2) is 7.24. The van der Waals surface area contributed by atoms with E-state index in [4.69, 9.17) is 23.2 Å². The van der Waals surface area contributed by atoms with Gasteiger partial charge in [-0.2, -0.15) is 0 Å². The third-order valence-corrected chi connectivity index (χ3v) is 5.97. The van der Waals surface area contributed by atoms with Crippen LogP contribution in [-0.2, 0) is 6.54 Å². The van der Waals surface area contributed by atoms with Crippen molar-refractivity contribution >= 4 is 62.7 Å². The van der Waals surface area contributed by atoms with Gasteiger partial charge < -0.3 is 10.1 Å². The number of hydrogen-bond donors (Lipinski definition) is 2. The van der Waals surface area contributed by atoms with E-state index in [1.165, 1.54) is 12.1 Å². The maximum absolute atomic E-state index is 13.6. The number of rotatable bonds is 3. The quantitative estimate of drug-likeness (QED) is 0.525. The molecule has 5 nitrogen and oxygen atoms in total. The van der Waals surface area contributed by atoms with Gasteiger partial charge in [-0.15, -0.1) is 0 Å². The minimum absolute atomic E-state index is 0.00902. The average Bonchev–Trinajstić information content (AvgIpc) is 3.18. The molecule has 0 spiro atoms. The van der Waals surface area contributed by atoms with E-state index in [2.05, 4.69) is 25.9 Å². The summed E-state index contributed by atoms with van der Waals surface area (Å²) < 4.78 is 15.4. The Morgan fingerprint density at radius 1 is 1.25 bits per heavy atom. The van der Waals surface area contributed by atoms with Gasteiger partial charge in [-0.05, 0) is 45.8 Å². The number of halogens is 4. The molecule has 3 aromatic rings. The van der Waals surface area contributed by atoms with E-state index in [9.17, 15) is 14.3 Å². The number of nitrogens with one attached hydrogen (secondary N) is 1. The molecule has 0 amide bonds. The topological polar surface area (TPSA) is 70.4 Å². The summed E-state index contributed by atoms with van der Waals surface area (Å²) in [5.74, 6) is -0.852. The molecule has 9 heteroatoms. The number of hydrogen-bond acceptors (Lipinski definition) is 3. The SMILES string of the molecule is O=c1[nH]c(/C=C2\C=Nc3c2ccc(Cl)c3Br)c(O)n1Cc1ccc(Cl)c(F)c1. The maximum atomic E-state index is 13.6. The molecule has 2 heterocycles. The van der Waals surface area contributed by atoms with E-state index < -0.39 is 11.5 Å². The van der Waals surface area contributed by atoms with Gasteiger partial charge in [-0.1, -0.05) is 35.3 Å². The first-order chi connectivity index (χ1) is 13.3. The summed E-state index contributed by atoms with van der Waals surface area (Å²) in [5, 5.41) is 11.0. The summed E-state index contributed by atoms with van der Waals surface area (Å²) in [7, 11) is 0. The molecule has 0 atom stereocenters. The fraction of sp³-hybridized carbons (Fsp3) is 0.0526. The van der Waals surface area contributed by atoms with E-state index >= 15 is 0 Å². The number of aromatic amines is 1. The van der Waals surface area contributed by atoms with E-state index in [1.54, 1.807) is 24.4 Å². The number of aromatic nitrogens is 2. The summed E-state index contributed by atoms with van der Waals surface area (Å²) >= 11 is 15.2. The van der Waals surface area contributed by atoms with Crippen LogP contribution in [0.1, 0.15) is 16.8 Å². The smallest absolute Gasteiger partial charge is 0.329 e. The number of imidazole rings is 1. The lowest BCUT2D eigenvalue weighted by Crippen LogP contribution is -2.17. The Bertz CT molecular complexity index is 1230. The minimum atomic E-state index is -0.590. The van der Waals surface area contributed by atoms with Crippen molar-refractivity contribution in [3.05, 3.63) is 78.0 Å². The summed E-state index contributed by atoms with van der Waals surface area (Å²) in [6.07, 6.45) is 3.24. The average molecular weight is 483 g/mol. The number of nitrogens with zero attached hydrogens (tertiary/aromatic N) is 2. The number of allylic oxidation sites excluding steroid dienone is 1. The predicted molar refractivity (Wildman–Crippen MR) is 112 cm³/mol. The van der Waals surface area contributed by atoms with Crippen LogP contribution in [0.2, 0.25) is 10.0 Å². The van der Waals surface area contributed by atoms with Gasteiger partial charge in [0.1, 0.15) is 11.5 Å². The van der Waals surface area contributed by atoms with Crippen LogP contribution in [0.15, 0.2) is 44.6 Å². The molecular formula is C19H11BrCl2FN3O2. The highest BCUT2D eigenvalue weighted by Crippen LogP contribution is 2.42. The molecule has 0 unspecified atom stereocenters. The standard InChI is InChI=1S/C19H11BrCl2FN3O2/c20-16-13(22)4-2-11-10(7-24-17(11)16)6-15-18(27)26(19(28)25-15)8-9-1-3-12(21)14(23)5-9/h1-7,27H,8H2,(H,25,28)/b10-6+. The molecule has 4 rings (SSSR count). The van der Waals surface area contributed by atoms with Crippen molar-refractivity contribution in [1.82, 2.24) is 9.55 Å². The van der Waals surface area contributed by atoms with Crippen LogP contribution in [0, 0.1) is 5.82 Å². The number of aromatic hydroxyl groups is 1. The monoisotopic (exact) mass is 481 g/mol. The molecule has 1 aromatic heterocycles. The van der Waals surface area contributed by atoms with Crippen LogP contribution in [0.25, 0.3) is 11.6 Å². The fourth-order valence-corrected chi connectivity index (χ4v) is 3.64. The van der Waals surface area contributed by atoms with E-state index in [0.29, 0.717) is 26.3 Å². The highest BCUT2D eigenvalue weighted by Gasteiger charge is 2.19. The summed E-state index contributed by atoms with van der Waals surface area (Å²) in [6.45, 7) is -0.00966. The van der Waals surface area contributed by atoms with Gasteiger partial charge in [0, 0.05) is 17.4 Å². The summed E-state index contributed by atoms with van der Waals surface area (Å²) in [4.78, 5) is 19.2. The Morgan fingerprint density at radius 2 is 2.00 bits per heavy atom. The van der Waals surface area contributed by atoms with Crippen molar-refractivity contribution in [1.29, 1.82) is 0 Å². The third-order valence-electron chi connectivity index (χ3n) is 4.32. The first-order valence-corrected chi connectivity index (χ1v) is 9.60. The third kappa shape index (κ3) is 3.30. The van der Waals surface area contributed by atoms with Crippen LogP contribution >= 0.6 is 39.1 Å². The van der Waals surface area contributed by atoms with Crippen molar-refractivity contribution in [2.75, 3.05) is 0 Å². The van der Waals surface area contributed by atoms with Crippen molar-refractivity contribution in [2.45, 2.75) is 6.54 Å². The largest absolute Gasteiger partial charge is 0.493 e. The van der Waals surface area contributed by atoms with E-state index in [0.717, 1.165) is 10.1 Å². The van der Waals surface area contributed by atoms with Crippen LogP contribution in [-0.4, -0.2) is 20.9 Å². The minimum Gasteiger partial charge on any atom is -0.493 e. The van der Waals surface area contributed by atoms with Crippen LogP contribution in [0.3, 0.4) is 0 Å². The molecule has 142 valence electrons. The molecule has 2 aromatic carbocycles. The highest BCUT2D eigenvalue weighted by atomic mass is 79.9. The molecule has 28 heavy (non-hydrogen) atoms. The van der Waals surface area contributed by atoms with Gasteiger partial charge in [0.15, 0.2) is 0 Å². The zero-order valence-electron chi connectivity index (χ0n) is 14.0. The normalized spacial score (nSPS) is 14.1. The van der Waals surface area contributed by atoms with Crippen molar-refractivity contribution < 1.29 is 9.50 Å². The molecule has 0 fully saturated rings. The Balaban J connectivity index is 1.71. The maximum Gasteiger partial charge on any atom is 0.329 e. The van der Waals surface area contributed by atoms with Gasteiger partial charge in [-0.25, -0.2) is 9.18 Å². The van der Waals surface area contributed by atoms with Gasteiger partial charge in [-0.3, -0.25) is 9.56 Å². The molecule has 2 N–H and O–H groups in total. The van der Waals surface area contributed by atoms with E-state index in [1.807, 2.05) is 6.07 Å². The van der Waals surface area contributed by atoms with Gasteiger partial charge >= 0.3 is 5.69 Å². The Labute approximate surface area is 176 Å². The second-order valence-corrected chi connectivity index (χ2v) is 7.72. The van der Waals surface area contributed by atoms with Crippen LogP contribution < -0.4 is 5.69 Å². The molecular weight excluding hydrogens is 472 g/mol. The molecule has 0 saturated carbocycles. The van der Waals surface area contributed by atoms with E-state index in [-0.39, 0.29) is 23.1 Å². The first-order valence-electron chi connectivity index (χ1n) is 8.05.